The van der Waals surface area contributed by atoms with Crippen LogP contribution >= 0.6 is 0 Å². The van der Waals surface area contributed by atoms with E-state index in [1.807, 2.05) is 67.2 Å². The van der Waals surface area contributed by atoms with Crippen LogP contribution in [0.2, 0.25) is 0 Å². The third kappa shape index (κ3) is 2.96. The molecular weight excluding hydrogens is 274 g/mol. The van der Waals surface area contributed by atoms with Crippen molar-refractivity contribution in [1.82, 2.24) is 14.9 Å². The molecule has 1 amide bonds. The van der Waals surface area contributed by atoms with Crippen LogP contribution in [-0.4, -0.2) is 15.5 Å². The van der Waals surface area contributed by atoms with Gasteiger partial charge in [0.25, 0.3) is 5.91 Å². The molecule has 0 saturated carbocycles. The number of carbonyl (C=O) groups is 1. The van der Waals surface area contributed by atoms with Crippen LogP contribution in [-0.2, 0) is 6.54 Å². The van der Waals surface area contributed by atoms with Crippen molar-refractivity contribution in [1.29, 1.82) is 0 Å². The Hall–Kier alpha value is -2.75. The summed E-state index contributed by atoms with van der Waals surface area (Å²) in [7, 11) is 0. The summed E-state index contributed by atoms with van der Waals surface area (Å²) in [5.74, 6) is -0.0580. The quantitative estimate of drug-likeness (QED) is 0.761. The lowest BCUT2D eigenvalue weighted by Crippen LogP contribution is -2.22. The zero-order chi connectivity index (χ0) is 15.5. The number of hydrogen-bond acceptors (Lipinski definition) is 1. The van der Waals surface area contributed by atoms with E-state index in [1.165, 1.54) is 0 Å². The summed E-state index contributed by atoms with van der Waals surface area (Å²) in [5, 5.41) is 2.96. The maximum Gasteiger partial charge on any atom is 0.251 e. The molecule has 0 aliphatic rings. The van der Waals surface area contributed by atoms with E-state index < -0.39 is 0 Å². The summed E-state index contributed by atoms with van der Waals surface area (Å²) in [6, 6.07) is 13.6. The Labute approximate surface area is 129 Å². The van der Waals surface area contributed by atoms with Crippen molar-refractivity contribution in [2.75, 3.05) is 0 Å². The second-order valence-electron chi connectivity index (χ2n) is 5.42. The van der Waals surface area contributed by atoms with Gasteiger partial charge in [0.2, 0.25) is 0 Å². The number of aryl methyl sites for hydroxylation is 2. The predicted molar refractivity (Wildman–Crippen MR) is 87.2 cm³/mol. The Morgan fingerprint density at radius 1 is 1.14 bits per heavy atom. The number of aromatic amines is 1. The van der Waals surface area contributed by atoms with Crippen LogP contribution in [0.25, 0.3) is 5.69 Å². The topological polar surface area (TPSA) is 49.8 Å². The van der Waals surface area contributed by atoms with Crippen molar-refractivity contribution in [3.63, 3.8) is 0 Å². The smallest absolute Gasteiger partial charge is 0.251 e. The van der Waals surface area contributed by atoms with Crippen LogP contribution in [0.5, 0.6) is 0 Å². The Kier molecular flexibility index (Phi) is 3.83. The van der Waals surface area contributed by atoms with Crippen molar-refractivity contribution in [2.45, 2.75) is 20.4 Å². The minimum atomic E-state index is -0.0580. The lowest BCUT2D eigenvalue weighted by atomic mass is 10.2. The third-order valence-electron chi connectivity index (χ3n) is 3.73. The molecule has 0 aliphatic carbocycles. The van der Waals surface area contributed by atoms with Gasteiger partial charge in [-0.15, -0.1) is 0 Å². The van der Waals surface area contributed by atoms with E-state index >= 15 is 0 Å². The van der Waals surface area contributed by atoms with Crippen molar-refractivity contribution in [3.8, 4) is 5.69 Å². The maximum atomic E-state index is 12.2. The van der Waals surface area contributed by atoms with Crippen LogP contribution in [0.1, 0.15) is 27.3 Å². The monoisotopic (exact) mass is 293 g/mol. The fraction of sp³-hybridized carbons (Fsp3) is 0.167. The molecule has 3 aromatic rings. The van der Waals surface area contributed by atoms with Crippen LogP contribution in [0.15, 0.2) is 54.9 Å². The molecule has 0 spiro atoms. The molecule has 2 aromatic heterocycles. The number of hydrogen-bond donors (Lipinski definition) is 2. The van der Waals surface area contributed by atoms with Crippen molar-refractivity contribution in [2.24, 2.45) is 0 Å². The Morgan fingerprint density at radius 2 is 1.82 bits per heavy atom. The number of benzene rings is 1. The number of nitrogens with one attached hydrogen (secondary N) is 2. The fourth-order valence-electron chi connectivity index (χ4n) is 2.53. The zero-order valence-electron chi connectivity index (χ0n) is 12.8. The number of H-pyrrole nitrogens is 1. The minimum absolute atomic E-state index is 0.0580. The van der Waals surface area contributed by atoms with Gasteiger partial charge in [-0.05, 0) is 61.9 Å². The van der Waals surface area contributed by atoms with Crippen LogP contribution in [0.4, 0.5) is 0 Å². The number of nitrogens with zero attached hydrogens (tertiary/aromatic N) is 1. The van der Waals surface area contributed by atoms with Crippen molar-refractivity contribution in [3.05, 3.63) is 77.4 Å². The van der Waals surface area contributed by atoms with Gasteiger partial charge in [-0.3, -0.25) is 4.79 Å². The van der Waals surface area contributed by atoms with E-state index in [9.17, 15) is 4.79 Å². The maximum absolute atomic E-state index is 12.2. The van der Waals surface area contributed by atoms with Gasteiger partial charge < -0.3 is 14.9 Å². The molecule has 112 valence electrons. The fourth-order valence-corrected chi connectivity index (χ4v) is 2.53. The molecule has 0 atom stereocenters. The van der Waals surface area contributed by atoms with Gasteiger partial charge in [-0.25, -0.2) is 0 Å². The molecule has 4 nitrogen and oxygen atoms in total. The first kappa shape index (κ1) is 14.2. The Morgan fingerprint density at radius 3 is 2.41 bits per heavy atom. The average molecular weight is 293 g/mol. The van der Waals surface area contributed by atoms with Crippen molar-refractivity contribution < 1.29 is 4.79 Å². The van der Waals surface area contributed by atoms with Gasteiger partial charge >= 0.3 is 0 Å². The van der Waals surface area contributed by atoms with Gasteiger partial charge in [0.1, 0.15) is 0 Å². The van der Waals surface area contributed by atoms with E-state index in [-0.39, 0.29) is 5.91 Å². The number of rotatable bonds is 4. The number of carbonyl (C=O) groups excluding carboxylic acids is 1. The molecule has 1 aromatic carbocycles. The first-order valence-electron chi connectivity index (χ1n) is 7.30. The van der Waals surface area contributed by atoms with Crippen LogP contribution in [0, 0.1) is 13.8 Å². The highest BCUT2D eigenvalue weighted by molar-refractivity contribution is 5.94. The van der Waals surface area contributed by atoms with Gasteiger partial charge in [0, 0.05) is 41.6 Å². The number of aromatic nitrogens is 2. The average Bonchev–Trinajstić information content (AvgIpc) is 3.15. The van der Waals surface area contributed by atoms with Gasteiger partial charge in [-0.1, -0.05) is 0 Å². The molecule has 0 saturated heterocycles. The van der Waals surface area contributed by atoms with Crippen LogP contribution < -0.4 is 5.32 Å². The number of amides is 1. The molecule has 4 heteroatoms. The Bertz CT molecular complexity index is 767. The zero-order valence-corrected chi connectivity index (χ0v) is 12.8. The summed E-state index contributed by atoms with van der Waals surface area (Å²) in [6.45, 7) is 4.56. The van der Waals surface area contributed by atoms with Crippen molar-refractivity contribution >= 4 is 5.91 Å². The second kappa shape index (κ2) is 5.93. The lowest BCUT2D eigenvalue weighted by molar-refractivity contribution is 0.0951. The highest BCUT2D eigenvalue weighted by Gasteiger charge is 2.07. The molecular formula is C18H19N3O. The normalized spacial score (nSPS) is 10.6. The summed E-state index contributed by atoms with van der Waals surface area (Å²) < 4.78 is 2.01. The molecule has 0 unspecified atom stereocenters. The minimum Gasteiger partial charge on any atom is -0.362 e. The summed E-state index contributed by atoms with van der Waals surface area (Å²) in [6.07, 6.45) is 3.96. The largest absolute Gasteiger partial charge is 0.362 e. The predicted octanol–water partition coefficient (Wildman–Crippen LogP) is 3.35. The van der Waals surface area contributed by atoms with Gasteiger partial charge in [-0.2, -0.15) is 0 Å². The molecule has 0 bridgehead atoms. The lowest BCUT2D eigenvalue weighted by Gasteiger charge is -2.07. The molecule has 3 rings (SSSR count). The van der Waals surface area contributed by atoms with E-state index in [1.54, 1.807) is 0 Å². The first-order chi connectivity index (χ1) is 10.6. The van der Waals surface area contributed by atoms with Crippen LogP contribution in [0.3, 0.4) is 0 Å². The molecule has 2 heterocycles. The summed E-state index contributed by atoms with van der Waals surface area (Å²) in [4.78, 5) is 15.4. The SMILES string of the molecule is Cc1cc(CNC(=O)c2ccc(-n3cccc3)cc2)c(C)[nH]1. The highest BCUT2D eigenvalue weighted by Crippen LogP contribution is 2.11. The second-order valence-corrected chi connectivity index (χ2v) is 5.42. The standard InChI is InChI=1S/C18H19N3O/c1-13-11-16(14(2)20-13)12-19-18(22)15-5-7-17(8-6-15)21-9-3-4-10-21/h3-11,20H,12H2,1-2H3,(H,19,22). The molecule has 0 radical (unpaired) electrons. The van der Waals surface area contributed by atoms with Gasteiger partial charge in [0.15, 0.2) is 0 Å². The first-order valence-corrected chi connectivity index (χ1v) is 7.30. The summed E-state index contributed by atoms with van der Waals surface area (Å²) >= 11 is 0. The third-order valence-corrected chi connectivity index (χ3v) is 3.73. The van der Waals surface area contributed by atoms with E-state index in [0.29, 0.717) is 12.1 Å². The van der Waals surface area contributed by atoms with E-state index in [0.717, 1.165) is 22.6 Å². The molecule has 0 fully saturated rings. The molecule has 0 aliphatic heterocycles. The van der Waals surface area contributed by atoms with E-state index in [2.05, 4.69) is 16.4 Å². The van der Waals surface area contributed by atoms with E-state index in [4.69, 9.17) is 0 Å². The summed E-state index contributed by atoms with van der Waals surface area (Å²) in [5.41, 5.74) is 5.04. The molecule has 2 N–H and O–H groups in total. The molecule has 22 heavy (non-hydrogen) atoms. The van der Waals surface area contributed by atoms with Gasteiger partial charge in [0.05, 0.1) is 0 Å². The highest BCUT2D eigenvalue weighted by atomic mass is 16.1. The Balaban J connectivity index is 1.66.